The highest BCUT2D eigenvalue weighted by molar-refractivity contribution is 6.09. The number of carbonyl (C=O) groups excluding carboxylic acids is 4. The summed E-state index contributed by atoms with van der Waals surface area (Å²) < 4.78 is 36.4. The maximum Gasteiger partial charge on any atom is 0.405 e. The number of hydrogen-bond donors (Lipinski definition) is 2. The van der Waals surface area contributed by atoms with Gasteiger partial charge in [-0.15, -0.1) is 0 Å². The normalized spacial score (nSPS) is 21.1. The predicted molar refractivity (Wildman–Crippen MR) is 95.5 cm³/mol. The molecule has 0 saturated carbocycles. The molecule has 2 aliphatic rings. The lowest BCUT2D eigenvalue weighted by Crippen LogP contribution is -2.38. The summed E-state index contributed by atoms with van der Waals surface area (Å²) in [6.07, 6.45) is 0.142. The van der Waals surface area contributed by atoms with Crippen LogP contribution in [0.4, 0.5) is 18.9 Å². The minimum Gasteiger partial charge on any atom is -0.343 e. The van der Waals surface area contributed by atoms with Crippen LogP contribution in [0.3, 0.4) is 0 Å². The maximum absolute atomic E-state index is 12.4. The molecule has 7 nitrogen and oxygen atoms in total. The van der Waals surface area contributed by atoms with E-state index in [4.69, 9.17) is 0 Å². The summed E-state index contributed by atoms with van der Waals surface area (Å²) in [7, 11) is 0. The van der Waals surface area contributed by atoms with E-state index in [-0.39, 0.29) is 23.1 Å². The van der Waals surface area contributed by atoms with Crippen LogP contribution >= 0.6 is 0 Å². The van der Waals surface area contributed by atoms with E-state index in [0.717, 1.165) is 4.90 Å². The maximum atomic E-state index is 12.4. The number of anilines is 1. The third-order valence-corrected chi connectivity index (χ3v) is 4.78. The molecule has 1 heterocycles. The summed E-state index contributed by atoms with van der Waals surface area (Å²) >= 11 is 0. The van der Waals surface area contributed by atoms with Crippen molar-refractivity contribution in [2.45, 2.75) is 19.0 Å². The average Bonchev–Trinajstić information content (AvgIpc) is 2.91. The Kier molecular flexibility index (Phi) is 5.71. The van der Waals surface area contributed by atoms with Crippen molar-refractivity contribution in [3.8, 4) is 0 Å². The first-order chi connectivity index (χ1) is 13.7. The van der Waals surface area contributed by atoms with Gasteiger partial charge in [0.25, 0.3) is 5.91 Å². The molecule has 29 heavy (non-hydrogen) atoms. The van der Waals surface area contributed by atoms with E-state index in [1.807, 2.05) is 12.2 Å². The van der Waals surface area contributed by atoms with Crippen LogP contribution in [-0.4, -0.2) is 47.8 Å². The fraction of sp³-hybridized carbons (Fsp3) is 0.368. The summed E-state index contributed by atoms with van der Waals surface area (Å²) in [4.78, 5) is 49.6. The predicted octanol–water partition coefficient (Wildman–Crippen LogP) is 1.87. The number of carbonyl (C=O) groups is 4. The van der Waals surface area contributed by atoms with Gasteiger partial charge in [0.15, 0.2) is 0 Å². The zero-order valence-electron chi connectivity index (χ0n) is 15.2. The van der Waals surface area contributed by atoms with Gasteiger partial charge < -0.3 is 10.6 Å². The van der Waals surface area contributed by atoms with Gasteiger partial charge in [0, 0.05) is 11.3 Å². The number of likely N-dealkylation sites (tertiary alicyclic amines) is 1. The van der Waals surface area contributed by atoms with Crippen molar-refractivity contribution in [3.63, 3.8) is 0 Å². The number of fused-ring (bicyclic) bond motifs is 1. The van der Waals surface area contributed by atoms with Gasteiger partial charge in [-0.3, -0.25) is 24.1 Å². The number of hydrogen-bond acceptors (Lipinski definition) is 4. The number of rotatable bonds is 5. The van der Waals surface area contributed by atoms with E-state index in [9.17, 15) is 32.3 Å². The fourth-order valence-electron chi connectivity index (χ4n) is 3.36. The van der Waals surface area contributed by atoms with Crippen LogP contribution in [0.5, 0.6) is 0 Å². The Hall–Kier alpha value is -3.17. The van der Waals surface area contributed by atoms with E-state index in [2.05, 4.69) is 5.32 Å². The summed E-state index contributed by atoms with van der Waals surface area (Å²) in [6.45, 7) is -1.86. The monoisotopic (exact) mass is 409 g/mol. The minimum absolute atomic E-state index is 0.00581. The minimum atomic E-state index is -4.51. The van der Waals surface area contributed by atoms with E-state index in [1.54, 1.807) is 5.32 Å². The van der Waals surface area contributed by atoms with Gasteiger partial charge in [0.05, 0.1) is 11.8 Å². The highest BCUT2D eigenvalue weighted by atomic mass is 19.4. The van der Waals surface area contributed by atoms with Gasteiger partial charge in [0.2, 0.25) is 17.7 Å². The Morgan fingerprint density at radius 3 is 2.07 bits per heavy atom. The van der Waals surface area contributed by atoms with Crippen LogP contribution < -0.4 is 10.6 Å². The summed E-state index contributed by atoms with van der Waals surface area (Å²) in [5, 5.41) is 4.24. The molecule has 1 aliphatic carbocycles. The van der Waals surface area contributed by atoms with Gasteiger partial charge in [-0.1, -0.05) is 12.2 Å². The fourth-order valence-corrected chi connectivity index (χ4v) is 3.36. The van der Waals surface area contributed by atoms with E-state index >= 15 is 0 Å². The summed E-state index contributed by atoms with van der Waals surface area (Å²) in [6, 6.07) is 5.21. The Morgan fingerprint density at radius 2 is 1.55 bits per heavy atom. The number of nitrogens with zero attached hydrogens (tertiary/aromatic N) is 1. The summed E-state index contributed by atoms with van der Waals surface area (Å²) in [5.41, 5.74) is 0.272. The van der Waals surface area contributed by atoms with Crippen molar-refractivity contribution in [2.75, 3.05) is 18.4 Å². The van der Waals surface area contributed by atoms with Crippen LogP contribution in [0, 0.1) is 11.8 Å². The number of amides is 4. The van der Waals surface area contributed by atoms with Gasteiger partial charge in [0.1, 0.15) is 13.1 Å². The molecule has 1 saturated heterocycles. The molecule has 2 unspecified atom stereocenters. The number of halogens is 3. The van der Waals surface area contributed by atoms with Gasteiger partial charge in [-0.25, -0.2) is 0 Å². The Balaban J connectivity index is 1.55. The first kappa shape index (κ1) is 20.6. The third-order valence-electron chi connectivity index (χ3n) is 4.78. The van der Waals surface area contributed by atoms with Crippen molar-refractivity contribution in [2.24, 2.45) is 11.8 Å². The van der Waals surface area contributed by atoms with Crippen LogP contribution in [0.2, 0.25) is 0 Å². The molecule has 2 N–H and O–H groups in total. The molecule has 3 rings (SSSR count). The van der Waals surface area contributed by atoms with Gasteiger partial charge >= 0.3 is 6.18 Å². The molecule has 0 bridgehead atoms. The zero-order chi connectivity index (χ0) is 21.2. The Labute approximate surface area is 163 Å². The van der Waals surface area contributed by atoms with E-state index < -0.39 is 42.9 Å². The lowest BCUT2D eigenvalue weighted by Gasteiger charge is -2.14. The molecule has 0 aromatic heterocycles. The zero-order valence-corrected chi connectivity index (χ0v) is 15.2. The number of nitrogens with one attached hydrogen (secondary N) is 2. The molecule has 2 atom stereocenters. The number of alkyl halides is 3. The molecule has 10 heteroatoms. The van der Waals surface area contributed by atoms with Crippen LogP contribution in [0.25, 0.3) is 0 Å². The van der Waals surface area contributed by atoms with E-state index in [1.165, 1.54) is 24.3 Å². The van der Waals surface area contributed by atoms with Crippen LogP contribution in [0.15, 0.2) is 36.4 Å². The van der Waals surface area contributed by atoms with E-state index in [0.29, 0.717) is 12.8 Å². The second-order valence-electron chi connectivity index (χ2n) is 6.84. The molecule has 4 amide bonds. The molecule has 1 fully saturated rings. The second-order valence-corrected chi connectivity index (χ2v) is 6.84. The first-order valence-corrected chi connectivity index (χ1v) is 8.91. The van der Waals surface area contributed by atoms with Crippen molar-refractivity contribution >= 4 is 29.3 Å². The highest BCUT2D eigenvalue weighted by Gasteiger charge is 2.47. The number of imide groups is 1. The molecule has 1 aromatic carbocycles. The molecule has 0 radical (unpaired) electrons. The molecule has 1 aliphatic heterocycles. The smallest absolute Gasteiger partial charge is 0.343 e. The van der Waals surface area contributed by atoms with Gasteiger partial charge in [-0.2, -0.15) is 13.2 Å². The lowest BCUT2D eigenvalue weighted by atomic mass is 9.85. The molecular formula is C19H18F3N3O4. The third kappa shape index (κ3) is 4.82. The van der Waals surface area contributed by atoms with Gasteiger partial charge in [-0.05, 0) is 37.1 Å². The standard InChI is InChI=1S/C19H18F3N3O4/c20-19(21,22)10-23-16(27)11-5-7-12(8-6-11)24-15(26)9-25-17(28)13-3-1-2-4-14(13)18(25)29/h1-2,5-8,13-14H,3-4,9-10H2,(H,23,27)(H,24,26). The highest BCUT2D eigenvalue weighted by Crippen LogP contribution is 2.34. The Bertz CT molecular complexity index is 838. The summed E-state index contributed by atoms with van der Waals surface area (Å²) in [5.74, 6) is -3.06. The molecule has 154 valence electrons. The average molecular weight is 409 g/mol. The largest absolute Gasteiger partial charge is 0.405 e. The Morgan fingerprint density at radius 1 is 1.00 bits per heavy atom. The SMILES string of the molecule is O=C(CN1C(=O)C2CC=CCC2C1=O)Nc1ccc(C(=O)NCC(F)(F)F)cc1. The van der Waals surface area contributed by atoms with Crippen molar-refractivity contribution < 1.29 is 32.3 Å². The molecular weight excluding hydrogens is 391 g/mol. The van der Waals surface area contributed by atoms with Crippen molar-refractivity contribution in [1.82, 2.24) is 10.2 Å². The number of allylic oxidation sites excluding steroid dienone is 2. The van der Waals surface area contributed by atoms with Crippen molar-refractivity contribution in [1.29, 1.82) is 0 Å². The second kappa shape index (κ2) is 8.06. The van der Waals surface area contributed by atoms with Crippen LogP contribution in [-0.2, 0) is 14.4 Å². The quantitative estimate of drug-likeness (QED) is 0.573. The van der Waals surface area contributed by atoms with Crippen molar-refractivity contribution in [3.05, 3.63) is 42.0 Å². The first-order valence-electron chi connectivity index (χ1n) is 8.91. The molecule has 1 aromatic rings. The molecule has 0 spiro atoms. The van der Waals surface area contributed by atoms with Crippen LogP contribution in [0.1, 0.15) is 23.2 Å². The topological polar surface area (TPSA) is 95.6 Å². The lowest BCUT2D eigenvalue weighted by molar-refractivity contribution is -0.142. The number of benzene rings is 1.